The molecule has 164 valence electrons. The molecule has 2 aliphatic rings. The highest BCUT2D eigenvalue weighted by Crippen LogP contribution is 2.40. The van der Waals surface area contributed by atoms with Crippen molar-refractivity contribution in [3.8, 4) is 11.1 Å². The first-order valence-electron chi connectivity index (χ1n) is 11.3. The quantitative estimate of drug-likeness (QED) is 0.776. The van der Waals surface area contributed by atoms with Crippen molar-refractivity contribution in [2.75, 3.05) is 19.7 Å². The van der Waals surface area contributed by atoms with Crippen LogP contribution in [-0.4, -0.2) is 48.1 Å². The summed E-state index contributed by atoms with van der Waals surface area (Å²) in [5.74, 6) is 0.562. The molecule has 5 nitrogen and oxygen atoms in total. The normalized spacial score (nSPS) is 25.4. The lowest BCUT2D eigenvalue weighted by Gasteiger charge is -2.42. The topological polar surface area (TPSA) is 58.6 Å². The fraction of sp³-hybridized carbons (Fsp3) is 0.462. The molecule has 1 N–H and O–H groups in total. The summed E-state index contributed by atoms with van der Waals surface area (Å²) >= 11 is 0. The highest BCUT2D eigenvalue weighted by Gasteiger charge is 2.48. The van der Waals surface area contributed by atoms with Gasteiger partial charge in [-0.25, -0.2) is 0 Å². The first kappa shape index (κ1) is 21.6. The molecule has 3 unspecified atom stereocenters. The fourth-order valence-corrected chi connectivity index (χ4v) is 4.41. The van der Waals surface area contributed by atoms with Crippen molar-refractivity contribution >= 4 is 11.8 Å². The number of carbonyl (C=O) groups excluding carboxylic acids is 2. The predicted octanol–water partition coefficient (Wildman–Crippen LogP) is 3.67. The third-order valence-corrected chi connectivity index (χ3v) is 6.28. The maximum Gasteiger partial charge on any atom is 0.254 e. The van der Waals surface area contributed by atoms with Crippen LogP contribution in [0.3, 0.4) is 0 Å². The second-order valence-electron chi connectivity index (χ2n) is 9.29. The van der Waals surface area contributed by atoms with Crippen LogP contribution in [-0.2, 0) is 20.7 Å². The highest BCUT2D eigenvalue weighted by atomic mass is 16.5. The van der Waals surface area contributed by atoms with Crippen LogP contribution in [0.15, 0.2) is 54.6 Å². The average Bonchev–Trinajstić information content (AvgIpc) is 3.50. The number of nitrogens with zero attached hydrogens (tertiary/aromatic N) is 1. The average molecular weight is 421 g/mol. The summed E-state index contributed by atoms with van der Waals surface area (Å²) < 4.78 is 6.18. The zero-order valence-electron chi connectivity index (χ0n) is 18.6. The van der Waals surface area contributed by atoms with Crippen molar-refractivity contribution in [1.82, 2.24) is 10.2 Å². The molecular formula is C26H32N2O3. The molecule has 1 saturated heterocycles. The summed E-state index contributed by atoms with van der Waals surface area (Å²) in [4.78, 5) is 28.1. The Bertz CT molecular complexity index is 943. The van der Waals surface area contributed by atoms with E-state index in [-0.39, 0.29) is 23.8 Å². The smallest absolute Gasteiger partial charge is 0.254 e. The summed E-state index contributed by atoms with van der Waals surface area (Å²) in [5.41, 5.74) is 2.18. The van der Waals surface area contributed by atoms with Crippen LogP contribution in [0.1, 0.15) is 32.8 Å². The van der Waals surface area contributed by atoms with Crippen LogP contribution in [0, 0.1) is 11.8 Å². The number of rotatable bonds is 6. The molecule has 1 aliphatic carbocycles. The number of ether oxygens (including phenoxy) is 1. The molecule has 4 rings (SSSR count). The monoisotopic (exact) mass is 420 g/mol. The van der Waals surface area contributed by atoms with Gasteiger partial charge in [0.15, 0.2) is 5.60 Å². The Morgan fingerprint density at radius 3 is 2.52 bits per heavy atom. The minimum Gasteiger partial charge on any atom is -0.361 e. The molecule has 2 aromatic carbocycles. The van der Waals surface area contributed by atoms with E-state index in [0.29, 0.717) is 32.0 Å². The maximum atomic E-state index is 13.3. The van der Waals surface area contributed by atoms with Crippen molar-refractivity contribution < 1.29 is 14.3 Å². The Morgan fingerprint density at radius 1 is 1.13 bits per heavy atom. The van der Waals surface area contributed by atoms with Crippen LogP contribution in [0.5, 0.6) is 0 Å². The maximum absolute atomic E-state index is 13.3. The van der Waals surface area contributed by atoms with E-state index in [2.05, 4.69) is 36.5 Å². The second kappa shape index (κ2) is 8.83. The predicted molar refractivity (Wildman–Crippen MR) is 121 cm³/mol. The van der Waals surface area contributed by atoms with Gasteiger partial charge < -0.3 is 15.0 Å². The molecule has 1 aliphatic heterocycles. The van der Waals surface area contributed by atoms with E-state index in [0.717, 1.165) is 23.1 Å². The van der Waals surface area contributed by atoms with E-state index >= 15 is 0 Å². The van der Waals surface area contributed by atoms with Crippen molar-refractivity contribution in [3.05, 3.63) is 60.2 Å². The van der Waals surface area contributed by atoms with Gasteiger partial charge in [0.1, 0.15) is 0 Å². The van der Waals surface area contributed by atoms with Gasteiger partial charge in [-0.2, -0.15) is 0 Å². The molecule has 2 fully saturated rings. The van der Waals surface area contributed by atoms with Gasteiger partial charge in [0, 0.05) is 24.9 Å². The van der Waals surface area contributed by atoms with E-state index in [4.69, 9.17) is 4.74 Å². The number of hydrogen-bond acceptors (Lipinski definition) is 3. The molecule has 0 bridgehead atoms. The lowest BCUT2D eigenvalue weighted by atomic mass is 9.89. The van der Waals surface area contributed by atoms with Gasteiger partial charge in [-0.3, -0.25) is 9.59 Å². The van der Waals surface area contributed by atoms with Gasteiger partial charge in [-0.15, -0.1) is 0 Å². The van der Waals surface area contributed by atoms with Crippen molar-refractivity contribution in [1.29, 1.82) is 0 Å². The fourth-order valence-electron chi connectivity index (χ4n) is 4.41. The summed E-state index contributed by atoms with van der Waals surface area (Å²) in [6, 6.07) is 18.4. The van der Waals surface area contributed by atoms with E-state index in [1.807, 2.05) is 49.1 Å². The zero-order valence-corrected chi connectivity index (χ0v) is 18.6. The lowest BCUT2D eigenvalue weighted by Crippen LogP contribution is -2.63. The molecular weight excluding hydrogens is 388 g/mol. The van der Waals surface area contributed by atoms with Crippen LogP contribution in [0.2, 0.25) is 0 Å². The Morgan fingerprint density at radius 2 is 1.84 bits per heavy atom. The molecule has 0 spiro atoms. The van der Waals surface area contributed by atoms with E-state index in [9.17, 15) is 9.59 Å². The second-order valence-corrected chi connectivity index (χ2v) is 9.29. The molecule has 0 aromatic heterocycles. The van der Waals surface area contributed by atoms with Gasteiger partial charge in [-0.05, 0) is 42.9 Å². The summed E-state index contributed by atoms with van der Waals surface area (Å²) in [6.07, 6.45) is 1.37. The Balaban J connectivity index is 1.61. The Labute approximate surface area is 184 Å². The Hall–Kier alpha value is -2.66. The first-order chi connectivity index (χ1) is 14.9. The third-order valence-electron chi connectivity index (χ3n) is 6.28. The number of hydrogen-bond donors (Lipinski definition) is 1. The largest absolute Gasteiger partial charge is 0.361 e. The van der Waals surface area contributed by atoms with Crippen molar-refractivity contribution in [3.63, 3.8) is 0 Å². The van der Waals surface area contributed by atoms with Gasteiger partial charge >= 0.3 is 0 Å². The van der Waals surface area contributed by atoms with Crippen LogP contribution in [0.4, 0.5) is 0 Å². The van der Waals surface area contributed by atoms with Crippen molar-refractivity contribution in [2.45, 2.75) is 45.3 Å². The minimum absolute atomic E-state index is 0.00170. The minimum atomic E-state index is -1.08. The van der Waals surface area contributed by atoms with Crippen LogP contribution < -0.4 is 5.32 Å². The molecule has 3 atom stereocenters. The highest BCUT2D eigenvalue weighted by molar-refractivity contribution is 5.88. The molecule has 1 heterocycles. The van der Waals surface area contributed by atoms with Gasteiger partial charge in [0.25, 0.3) is 5.91 Å². The summed E-state index contributed by atoms with van der Waals surface area (Å²) in [6.45, 7) is 7.21. The van der Waals surface area contributed by atoms with Crippen LogP contribution in [0.25, 0.3) is 11.1 Å². The van der Waals surface area contributed by atoms with E-state index < -0.39 is 5.60 Å². The third kappa shape index (κ3) is 4.82. The van der Waals surface area contributed by atoms with E-state index in [1.54, 1.807) is 0 Å². The molecule has 2 aromatic rings. The number of carbonyl (C=O) groups is 2. The molecule has 0 radical (unpaired) electrons. The van der Waals surface area contributed by atoms with E-state index in [1.165, 1.54) is 0 Å². The number of morpholine rings is 1. The standard InChI is InChI=1S/C26H32N2O3/c1-18(2)27-25(30)26(17-28(12-13-31-26)24(29)23-14-19(23)3)16-20-8-7-11-22(15-20)21-9-5-4-6-10-21/h4-11,15,18-19,23H,12-14,16-17H2,1-3H3,(H,27,30). The van der Waals surface area contributed by atoms with Gasteiger partial charge in [0.2, 0.25) is 5.91 Å². The Kier molecular flexibility index (Phi) is 6.15. The van der Waals surface area contributed by atoms with Crippen molar-refractivity contribution in [2.24, 2.45) is 11.8 Å². The summed E-state index contributed by atoms with van der Waals surface area (Å²) in [7, 11) is 0. The number of benzene rings is 2. The molecule has 2 amide bonds. The number of nitrogens with one attached hydrogen (secondary N) is 1. The zero-order chi connectivity index (χ0) is 22.0. The van der Waals surface area contributed by atoms with Gasteiger partial charge in [0.05, 0.1) is 13.2 Å². The summed E-state index contributed by atoms with van der Waals surface area (Å²) in [5, 5.41) is 3.03. The lowest BCUT2D eigenvalue weighted by molar-refractivity contribution is -0.167. The number of amides is 2. The van der Waals surface area contributed by atoms with Crippen LogP contribution >= 0.6 is 0 Å². The molecule has 31 heavy (non-hydrogen) atoms. The molecule has 1 saturated carbocycles. The SMILES string of the molecule is CC(C)NC(=O)C1(Cc2cccc(-c3ccccc3)c2)CN(C(=O)C2CC2C)CCO1. The molecule has 5 heteroatoms. The first-order valence-corrected chi connectivity index (χ1v) is 11.3. The van der Waals surface area contributed by atoms with Gasteiger partial charge in [-0.1, -0.05) is 61.5 Å².